The SMILES string of the molecule is [2H]C([2H])([2H])Sc1nnc(NC(C)=O)s1. The minimum absolute atomic E-state index is 0.258. The molecule has 1 rings (SSSR count). The maximum atomic E-state index is 10.6. The molecule has 0 atom stereocenters. The normalized spacial score (nSPS) is 14.8. The number of aromatic nitrogens is 2. The summed E-state index contributed by atoms with van der Waals surface area (Å²) in [4.78, 5) is 10.6. The third-order valence-electron chi connectivity index (χ3n) is 0.777. The van der Waals surface area contributed by atoms with Crippen LogP contribution in [0.1, 0.15) is 11.0 Å². The van der Waals surface area contributed by atoms with Gasteiger partial charge in [-0.15, -0.1) is 10.2 Å². The van der Waals surface area contributed by atoms with Crippen molar-refractivity contribution >= 4 is 34.1 Å². The van der Waals surface area contributed by atoms with E-state index in [9.17, 15) is 4.79 Å². The molecule has 0 aromatic carbocycles. The molecule has 0 fully saturated rings. The summed E-state index contributed by atoms with van der Waals surface area (Å²) in [7, 11) is 0. The number of thioether (sulfide) groups is 1. The number of carbonyl (C=O) groups excluding carboxylic acids is 1. The van der Waals surface area contributed by atoms with E-state index < -0.39 is 6.18 Å². The van der Waals surface area contributed by atoms with Crippen molar-refractivity contribution in [1.29, 1.82) is 0 Å². The van der Waals surface area contributed by atoms with Crippen LogP contribution in [-0.2, 0) is 4.79 Å². The number of hydrogen-bond donors (Lipinski definition) is 1. The van der Waals surface area contributed by atoms with Gasteiger partial charge in [0.05, 0.1) is 0 Å². The van der Waals surface area contributed by atoms with Crippen molar-refractivity contribution in [2.45, 2.75) is 11.3 Å². The molecule has 6 heteroatoms. The van der Waals surface area contributed by atoms with Crippen LogP contribution in [0, 0.1) is 0 Å². The van der Waals surface area contributed by atoms with Gasteiger partial charge in [0.25, 0.3) is 0 Å². The summed E-state index contributed by atoms with van der Waals surface area (Å²) in [5.74, 6) is -0.258. The molecule has 0 saturated heterocycles. The van der Waals surface area contributed by atoms with Gasteiger partial charge in [-0.3, -0.25) is 4.79 Å². The average Bonchev–Trinajstić information content (AvgIpc) is 2.30. The summed E-state index contributed by atoms with van der Waals surface area (Å²) in [5.41, 5.74) is 0. The van der Waals surface area contributed by atoms with Crippen LogP contribution in [-0.4, -0.2) is 22.3 Å². The third-order valence-corrected chi connectivity index (χ3v) is 2.17. The fraction of sp³-hybridized carbons (Fsp3) is 0.400. The first kappa shape index (κ1) is 5.10. The van der Waals surface area contributed by atoms with Crippen LogP contribution in [0.5, 0.6) is 0 Å². The Morgan fingerprint density at radius 2 is 2.64 bits per heavy atom. The van der Waals surface area contributed by atoms with Crippen molar-refractivity contribution in [2.24, 2.45) is 0 Å². The Hall–Kier alpha value is -0.620. The Labute approximate surface area is 76.6 Å². The molecule has 60 valence electrons. The molecule has 0 bridgehead atoms. The van der Waals surface area contributed by atoms with Crippen molar-refractivity contribution in [2.75, 3.05) is 11.5 Å². The highest BCUT2D eigenvalue weighted by atomic mass is 32.2. The fourth-order valence-electron chi connectivity index (χ4n) is 0.452. The second kappa shape index (κ2) is 3.68. The lowest BCUT2D eigenvalue weighted by atomic mass is 10.7. The summed E-state index contributed by atoms with van der Waals surface area (Å²) in [5, 5.41) is 9.95. The van der Waals surface area contributed by atoms with E-state index in [4.69, 9.17) is 4.11 Å². The second-order valence-corrected chi connectivity index (χ2v) is 3.48. The smallest absolute Gasteiger partial charge is 0.223 e. The van der Waals surface area contributed by atoms with Crippen LogP contribution in [0.2, 0.25) is 0 Å². The molecule has 4 nitrogen and oxygen atoms in total. The first-order valence-electron chi connectivity index (χ1n) is 4.17. The molecular formula is C5H7N3OS2. The Bertz CT molecular complexity index is 337. The Morgan fingerprint density at radius 3 is 3.27 bits per heavy atom. The minimum atomic E-state index is -2.13. The molecule has 0 spiro atoms. The van der Waals surface area contributed by atoms with Crippen molar-refractivity contribution in [1.82, 2.24) is 10.2 Å². The lowest BCUT2D eigenvalue weighted by Crippen LogP contribution is -2.04. The number of nitrogens with zero attached hydrogens (tertiary/aromatic N) is 2. The van der Waals surface area contributed by atoms with Crippen LogP contribution in [0.25, 0.3) is 0 Å². The van der Waals surface area contributed by atoms with Gasteiger partial charge in [-0.1, -0.05) is 23.1 Å². The summed E-state index contributed by atoms with van der Waals surface area (Å²) < 4.78 is 21.2. The van der Waals surface area contributed by atoms with Crippen LogP contribution >= 0.6 is 23.1 Å². The topological polar surface area (TPSA) is 54.9 Å². The number of hydrogen-bond acceptors (Lipinski definition) is 5. The van der Waals surface area contributed by atoms with E-state index in [1.54, 1.807) is 0 Å². The van der Waals surface area contributed by atoms with Gasteiger partial charge >= 0.3 is 0 Å². The summed E-state index contributed by atoms with van der Waals surface area (Å²) in [6.45, 7) is 1.35. The Balaban J connectivity index is 2.64. The maximum Gasteiger partial charge on any atom is 0.223 e. The van der Waals surface area contributed by atoms with E-state index in [1.165, 1.54) is 6.92 Å². The number of nitrogens with one attached hydrogen (secondary N) is 1. The fourth-order valence-corrected chi connectivity index (χ4v) is 1.46. The summed E-state index contributed by atoms with van der Waals surface area (Å²) in [6.07, 6.45) is -2.13. The second-order valence-electron chi connectivity index (χ2n) is 1.66. The number of amides is 1. The number of carbonyl (C=O) groups is 1. The highest BCUT2D eigenvalue weighted by Crippen LogP contribution is 2.22. The molecule has 1 heterocycles. The molecule has 1 N–H and O–H groups in total. The maximum absolute atomic E-state index is 10.6. The van der Waals surface area contributed by atoms with Crippen molar-refractivity contribution in [3.63, 3.8) is 0 Å². The van der Waals surface area contributed by atoms with E-state index in [-0.39, 0.29) is 5.91 Å². The lowest BCUT2D eigenvalue weighted by Gasteiger charge is -1.90. The molecule has 1 amide bonds. The van der Waals surface area contributed by atoms with E-state index in [0.29, 0.717) is 21.2 Å². The number of rotatable bonds is 2. The standard InChI is InChI=1S/C5H7N3OS2/c1-3(9)6-4-7-8-5(10-2)11-4/h1-2H3,(H,6,7,9)/i2D3. The van der Waals surface area contributed by atoms with E-state index in [2.05, 4.69) is 15.5 Å². The zero-order valence-electron chi connectivity index (χ0n) is 8.62. The quantitative estimate of drug-likeness (QED) is 0.565. The van der Waals surface area contributed by atoms with Gasteiger partial charge in [-0.25, -0.2) is 0 Å². The summed E-state index contributed by atoms with van der Waals surface area (Å²) >= 11 is 1.68. The molecule has 0 aliphatic carbocycles. The molecule has 1 aromatic rings. The van der Waals surface area contributed by atoms with Gasteiger partial charge < -0.3 is 5.32 Å². The van der Waals surface area contributed by atoms with Crippen LogP contribution < -0.4 is 5.32 Å². The van der Waals surface area contributed by atoms with Gasteiger partial charge in [0.15, 0.2) is 4.34 Å². The lowest BCUT2D eigenvalue weighted by molar-refractivity contribution is -0.114. The van der Waals surface area contributed by atoms with Gasteiger partial charge in [0.2, 0.25) is 11.0 Å². The molecule has 1 aromatic heterocycles. The van der Waals surface area contributed by atoms with Crippen molar-refractivity contribution in [3.05, 3.63) is 0 Å². The number of anilines is 1. The zero-order chi connectivity index (χ0) is 10.8. The first-order valence-corrected chi connectivity index (χ1v) is 4.30. The molecule has 0 saturated carbocycles. The van der Waals surface area contributed by atoms with E-state index in [1.807, 2.05) is 0 Å². The van der Waals surface area contributed by atoms with Gasteiger partial charge in [0.1, 0.15) is 0 Å². The molecular weight excluding hydrogens is 182 g/mol. The first-order chi connectivity index (χ1) is 6.37. The van der Waals surface area contributed by atoms with Crippen LogP contribution in [0.4, 0.5) is 5.13 Å². The van der Waals surface area contributed by atoms with Gasteiger partial charge in [-0.05, 0) is 6.18 Å². The molecule has 0 radical (unpaired) electrons. The molecule has 11 heavy (non-hydrogen) atoms. The molecule has 0 aliphatic heterocycles. The Morgan fingerprint density at radius 1 is 1.82 bits per heavy atom. The highest BCUT2D eigenvalue weighted by molar-refractivity contribution is 8.00. The van der Waals surface area contributed by atoms with Crippen molar-refractivity contribution in [3.8, 4) is 0 Å². The van der Waals surface area contributed by atoms with Crippen LogP contribution in [0.3, 0.4) is 0 Å². The molecule has 0 unspecified atom stereocenters. The zero-order valence-corrected chi connectivity index (χ0v) is 7.25. The molecule has 0 aliphatic rings. The predicted octanol–water partition coefficient (Wildman–Crippen LogP) is 1.22. The summed E-state index contributed by atoms with van der Waals surface area (Å²) in [6, 6.07) is 0. The van der Waals surface area contributed by atoms with Crippen LogP contribution in [0.15, 0.2) is 4.34 Å². The van der Waals surface area contributed by atoms with Gasteiger partial charge in [0, 0.05) is 11.0 Å². The minimum Gasteiger partial charge on any atom is -0.301 e. The van der Waals surface area contributed by atoms with Gasteiger partial charge in [-0.2, -0.15) is 0 Å². The average molecular weight is 192 g/mol. The third kappa shape index (κ3) is 2.47. The monoisotopic (exact) mass is 192 g/mol. The largest absolute Gasteiger partial charge is 0.301 e. The highest BCUT2D eigenvalue weighted by Gasteiger charge is 2.02. The van der Waals surface area contributed by atoms with E-state index >= 15 is 0 Å². The van der Waals surface area contributed by atoms with E-state index in [0.717, 1.165) is 11.3 Å². The predicted molar refractivity (Wildman–Crippen MR) is 46.0 cm³/mol. The van der Waals surface area contributed by atoms with Crippen molar-refractivity contribution < 1.29 is 8.91 Å². The Kier molecular flexibility index (Phi) is 1.71.